The van der Waals surface area contributed by atoms with Crippen LogP contribution >= 0.6 is 23.1 Å². The van der Waals surface area contributed by atoms with Crippen LogP contribution in [0.3, 0.4) is 0 Å². The monoisotopic (exact) mass is 463 g/mol. The fraction of sp³-hybridized carbons (Fsp3) is 0.0870. The molecule has 0 bridgehead atoms. The Hall–Kier alpha value is -3.43. The van der Waals surface area contributed by atoms with E-state index >= 15 is 0 Å². The number of methoxy groups -OCH3 is 1. The lowest BCUT2D eigenvalue weighted by molar-refractivity contribution is 0.415. The predicted octanol–water partition coefficient (Wildman–Crippen LogP) is 6.06. The van der Waals surface area contributed by atoms with Gasteiger partial charge in [-0.15, -0.1) is 10.2 Å². The zero-order valence-corrected chi connectivity index (χ0v) is 18.7. The smallest absolute Gasteiger partial charge is 0.210 e. The number of ether oxygens (including phenoxy) is 1. The Bertz CT molecular complexity index is 1370. The summed E-state index contributed by atoms with van der Waals surface area (Å²) in [5, 5.41) is 12.5. The zero-order chi connectivity index (χ0) is 21.9. The summed E-state index contributed by atoms with van der Waals surface area (Å²) >= 11 is 3.01. The number of rotatable bonds is 7. The van der Waals surface area contributed by atoms with Crippen LogP contribution in [0, 0.1) is 5.82 Å². The van der Waals surface area contributed by atoms with Crippen LogP contribution < -0.4 is 10.1 Å². The van der Waals surface area contributed by atoms with Crippen molar-refractivity contribution in [1.29, 1.82) is 0 Å². The molecule has 1 N–H and O–H groups in total. The molecule has 9 heteroatoms. The van der Waals surface area contributed by atoms with E-state index in [0.717, 1.165) is 32.8 Å². The molecular formula is C23H18FN5OS2. The van der Waals surface area contributed by atoms with Crippen LogP contribution in [0.25, 0.3) is 16.7 Å². The van der Waals surface area contributed by atoms with E-state index in [2.05, 4.69) is 25.1 Å². The largest absolute Gasteiger partial charge is 0.497 e. The third-order valence-electron chi connectivity index (χ3n) is 4.75. The highest BCUT2D eigenvalue weighted by Gasteiger charge is 2.15. The quantitative estimate of drug-likeness (QED) is 0.296. The van der Waals surface area contributed by atoms with E-state index in [-0.39, 0.29) is 5.82 Å². The highest BCUT2D eigenvalue weighted by molar-refractivity contribution is 8.00. The number of halogens is 1. The van der Waals surface area contributed by atoms with Gasteiger partial charge in [0.2, 0.25) is 5.13 Å². The van der Waals surface area contributed by atoms with E-state index in [9.17, 15) is 4.39 Å². The second-order valence-corrected chi connectivity index (χ2v) is 9.05. The zero-order valence-electron chi connectivity index (χ0n) is 17.0. The van der Waals surface area contributed by atoms with Crippen molar-refractivity contribution in [2.45, 2.75) is 10.1 Å². The minimum Gasteiger partial charge on any atom is -0.497 e. The molecule has 0 atom stereocenters. The summed E-state index contributed by atoms with van der Waals surface area (Å²) in [6.07, 6.45) is 0. The molecule has 0 aliphatic heterocycles. The lowest BCUT2D eigenvalue weighted by Gasteiger charge is -2.08. The van der Waals surface area contributed by atoms with Gasteiger partial charge in [0.15, 0.2) is 4.34 Å². The minimum absolute atomic E-state index is 0.299. The molecule has 0 radical (unpaired) electrons. The number of anilines is 2. The van der Waals surface area contributed by atoms with Crippen LogP contribution in [0.15, 0.2) is 77.1 Å². The average molecular weight is 464 g/mol. The normalized spacial score (nSPS) is 11.1. The molecule has 0 amide bonds. The summed E-state index contributed by atoms with van der Waals surface area (Å²) in [5.74, 6) is 1.86. The van der Waals surface area contributed by atoms with Crippen molar-refractivity contribution in [1.82, 2.24) is 19.7 Å². The first kappa shape index (κ1) is 20.5. The molecule has 0 saturated heterocycles. The van der Waals surface area contributed by atoms with Gasteiger partial charge in [-0.25, -0.2) is 9.37 Å². The highest BCUT2D eigenvalue weighted by Crippen LogP contribution is 2.32. The summed E-state index contributed by atoms with van der Waals surface area (Å²) < 4.78 is 21.9. The van der Waals surface area contributed by atoms with Gasteiger partial charge in [-0.1, -0.05) is 47.4 Å². The van der Waals surface area contributed by atoms with E-state index in [0.29, 0.717) is 16.4 Å². The Morgan fingerprint density at radius 3 is 2.75 bits per heavy atom. The molecule has 32 heavy (non-hydrogen) atoms. The van der Waals surface area contributed by atoms with Crippen LogP contribution in [-0.2, 0) is 5.75 Å². The topological polar surface area (TPSA) is 64.9 Å². The molecule has 2 heterocycles. The van der Waals surface area contributed by atoms with Gasteiger partial charge in [-0.3, -0.25) is 4.57 Å². The Morgan fingerprint density at radius 2 is 1.91 bits per heavy atom. The van der Waals surface area contributed by atoms with E-state index in [4.69, 9.17) is 4.74 Å². The number of benzene rings is 3. The fourth-order valence-corrected chi connectivity index (χ4v) is 5.03. The molecule has 3 aromatic carbocycles. The van der Waals surface area contributed by atoms with Crippen molar-refractivity contribution < 1.29 is 9.13 Å². The van der Waals surface area contributed by atoms with E-state index < -0.39 is 0 Å². The summed E-state index contributed by atoms with van der Waals surface area (Å²) in [6.45, 7) is 0. The van der Waals surface area contributed by atoms with Crippen LogP contribution in [0.4, 0.5) is 15.2 Å². The molecule has 160 valence electrons. The Labute approximate surface area is 192 Å². The number of nitrogens with one attached hydrogen (secondary N) is 1. The maximum absolute atomic E-state index is 13.8. The van der Waals surface area contributed by atoms with Crippen molar-refractivity contribution >= 4 is 45.0 Å². The standard InChI is InChI=1S/C23H18FN5OS2/c1-30-18-9-5-6-16(13-18)25-22-27-28-23(32-22)31-14-21-26-19-12-15(24)10-11-20(19)29(21)17-7-3-2-4-8-17/h2-13H,14H2,1H3,(H,25,27). The maximum atomic E-state index is 13.8. The lowest BCUT2D eigenvalue weighted by Crippen LogP contribution is -1.99. The lowest BCUT2D eigenvalue weighted by atomic mass is 10.2. The van der Waals surface area contributed by atoms with Crippen LogP contribution in [0.5, 0.6) is 5.75 Å². The van der Waals surface area contributed by atoms with E-state index in [1.54, 1.807) is 24.9 Å². The number of hydrogen-bond acceptors (Lipinski definition) is 7. The number of aromatic nitrogens is 4. The summed E-state index contributed by atoms with van der Waals surface area (Å²) in [4.78, 5) is 4.69. The Kier molecular flexibility index (Phi) is 5.74. The third kappa shape index (κ3) is 4.30. The van der Waals surface area contributed by atoms with Crippen molar-refractivity contribution in [3.8, 4) is 11.4 Å². The van der Waals surface area contributed by atoms with Crippen molar-refractivity contribution in [3.05, 3.63) is 84.4 Å². The van der Waals surface area contributed by atoms with Gasteiger partial charge in [0.25, 0.3) is 0 Å². The van der Waals surface area contributed by atoms with Gasteiger partial charge in [0.05, 0.1) is 23.9 Å². The first-order chi connectivity index (χ1) is 15.7. The molecule has 0 unspecified atom stereocenters. The molecule has 6 nitrogen and oxygen atoms in total. The molecular weight excluding hydrogens is 445 g/mol. The minimum atomic E-state index is -0.299. The predicted molar refractivity (Wildman–Crippen MR) is 127 cm³/mol. The molecule has 5 rings (SSSR count). The molecule has 5 aromatic rings. The van der Waals surface area contributed by atoms with Crippen LogP contribution in [-0.4, -0.2) is 26.9 Å². The average Bonchev–Trinajstić information content (AvgIpc) is 3.41. The van der Waals surface area contributed by atoms with E-state index in [1.165, 1.54) is 23.5 Å². The van der Waals surface area contributed by atoms with Crippen molar-refractivity contribution in [3.63, 3.8) is 0 Å². The van der Waals surface area contributed by atoms with Crippen LogP contribution in [0.1, 0.15) is 5.82 Å². The van der Waals surface area contributed by atoms with Gasteiger partial charge in [-0.05, 0) is 36.4 Å². The number of thioether (sulfide) groups is 1. The first-order valence-electron chi connectivity index (χ1n) is 9.79. The van der Waals surface area contributed by atoms with Crippen molar-refractivity contribution in [2.75, 3.05) is 12.4 Å². The van der Waals surface area contributed by atoms with Crippen LogP contribution in [0.2, 0.25) is 0 Å². The van der Waals surface area contributed by atoms with Gasteiger partial charge >= 0.3 is 0 Å². The van der Waals surface area contributed by atoms with E-state index in [1.807, 2.05) is 54.6 Å². The summed E-state index contributed by atoms with van der Waals surface area (Å²) in [5.41, 5.74) is 3.35. The SMILES string of the molecule is COc1cccc(Nc2nnc(SCc3nc4cc(F)ccc4n3-c3ccccc3)s2)c1. The van der Waals surface area contributed by atoms with Gasteiger partial charge in [0, 0.05) is 23.5 Å². The first-order valence-corrected chi connectivity index (χ1v) is 11.6. The molecule has 0 spiro atoms. The number of nitrogens with zero attached hydrogens (tertiary/aromatic N) is 4. The molecule has 0 aliphatic carbocycles. The van der Waals surface area contributed by atoms with Gasteiger partial charge in [0.1, 0.15) is 17.4 Å². The highest BCUT2D eigenvalue weighted by atomic mass is 32.2. The number of imidazole rings is 1. The van der Waals surface area contributed by atoms with Crippen molar-refractivity contribution in [2.24, 2.45) is 0 Å². The Balaban J connectivity index is 1.38. The second kappa shape index (κ2) is 8.97. The number of fused-ring (bicyclic) bond motifs is 1. The van der Waals surface area contributed by atoms with Gasteiger partial charge < -0.3 is 10.1 Å². The molecule has 2 aromatic heterocycles. The maximum Gasteiger partial charge on any atom is 0.210 e. The molecule has 0 aliphatic rings. The number of para-hydroxylation sites is 1. The number of hydrogen-bond donors (Lipinski definition) is 1. The third-order valence-corrected chi connectivity index (χ3v) is 6.72. The molecule has 0 saturated carbocycles. The summed E-state index contributed by atoms with van der Waals surface area (Å²) in [7, 11) is 1.63. The Morgan fingerprint density at radius 1 is 1.03 bits per heavy atom. The molecule has 0 fully saturated rings. The second-order valence-electron chi connectivity index (χ2n) is 6.85. The van der Waals surface area contributed by atoms with Gasteiger partial charge in [-0.2, -0.15) is 0 Å². The summed E-state index contributed by atoms with van der Waals surface area (Å²) in [6, 6.07) is 22.3. The fourth-order valence-electron chi connectivity index (χ4n) is 3.33.